The van der Waals surface area contributed by atoms with Gasteiger partial charge in [0.25, 0.3) is 11.8 Å². The fourth-order valence-corrected chi connectivity index (χ4v) is 2.38. The molecule has 1 fully saturated rings. The van der Waals surface area contributed by atoms with Gasteiger partial charge in [0.2, 0.25) is 0 Å². The number of hydrazine groups is 1. The van der Waals surface area contributed by atoms with Crippen molar-refractivity contribution >= 4 is 11.8 Å². The average Bonchev–Trinajstić information content (AvgIpc) is 3.24. The fraction of sp³-hybridized carbons (Fsp3) is 0.312. The summed E-state index contributed by atoms with van der Waals surface area (Å²) in [6, 6.07) is 6.95. The minimum Gasteiger partial charge on any atom is -0.368 e. The maximum absolute atomic E-state index is 12.0. The summed E-state index contributed by atoms with van der Waals surface area (Å²) in [5.41, 5.74) is 7.16. The highest BCUT2D eigenvalue weighted by molar-refractivity contribution is 5.95. The van der Waals surface area contributed by atoms with Crippen LogP contribution in [0.3, 0.4) is 0 Å². The lowest BCUT2D eigenvalue weighted by Crippen LogP contribution is -2.46. The highest BCUT2D eigenvalue weighted by Crippen LogP contribution is 2.12. The van der Waals surface area contributed by atoms with Crippen molar-refractivity contribution < 1.29 is 14.3 Å². The van der Waals surface area contributed by atoms with Crippen molar-refractivity contribution in [1.29, 1.82) is 0 Å². The van der Waals surface area contributed by atoms with Crippen molar-refractivity contribution in [3.8, 4) is 5.69 Å². The molecule has 0 spiro atoms. The van der Waals surface area contributed by atoms with Gasteiger partial charge in [0.15, 0.2) is 0 Å². The number of nitrogens with one attached hydrogen (secondary N) is 2. The third-order valence-corrected chi connectivity index (χ3v) is 3.63. The number of hydrogen-bond donors (Lipinski definition) is 2. The van der Waals surface area contributed by atoms with Crippen LogP contribution in [-0.2, 0) is 9.53 Å². The molecule has 0 saturated carbocycles. The summed E-state index contributed by atoms with van der Waals surface area (Å²) in [6.45, 7) is 2.54. The molecule has 2 heterocycles. The highest BCUT2D eigenvalue weighted by Gasteiger charge is 2.23. The molecule has 1 aromatic carbocycles. The molecule has 7 heteroatoms. The Morgan fingerprint density at radius 3 is 2.65 bits per heavy atom. The van der Waals surface area contributed by atoms with Crippen LogP contribution in [0.4, 0.5) is 0 Å². The first-order valence-electron chi connectivity index (χ1n) is 7.47. The fourth-order valence-electron chi connectivity index (χ4n) is 2.38. The van der Waals surface area contributed by atoms with Crippen LogP contribution in [0.1, 0.15) is 28.8 Å². The Balaban J connectivity index is 1.58. The molecule has 120 valence electrons. The molecule has 1 atom stereocenters. The molecule has 2 aromatic rings. The van der Waals surface area contributed by atoms with E-state index in [-0.39, 0.29) is 11.8 Å². The number of amides is 2. The number of rotatable bonds is 3. The second kappa shape index (κ2) is 6.62. The van der Waals surface area contributed by atoms with Gasteiger partial charge in [-0.05, 0) is 49.6 Å². The Morgan fingerprint density at radius 1 is 1.26 bits per heavy atom. The van der Waals surface area contributed by atoms with Crippen LogP contribution < -0.4 is 10.9 Å². The number of carbonyl (C=O) groups is 2. The maximum Gasteiger partial charge on any atom is 0.269 e. The quantitative estimate of drug-likeness (QED) is 0.832. The molecule has 2 N–H and O–H groups in total. The van der Waals surface area contributed by atoms with Crippen molar-refractivity contribution in [3.05, 3.63) is 47.8 Å². The SMILES string of the molecule is Cc1cnn(-c2ccc(C(=O)NNC(=O)C3CCCO3)cc2)c1. The Labute approximate surface area is 133 Å². The van der Waals surface area contributed by atoms with Gasteiger partial charge in [-0.15, -0.1) is 0 Å². The summed E-state index contributed by atoms with van der Waals surface area (Å²) < 4.78 is 6.98. The number of aromatic nitrogens is 2. The number of carbonyl (C=O) groups excluding carboxylic acids is 2. The summed E-state index contributed by atoms with van der Waals surface area (Å²) in [5, 5.41) is 4.21. The molecule has 1 aliphatic rings. The second-order valence-electron chi connectivity index (χ2n) is 5.45. The van der Waals surface area contributed by atoms with Crippen molar-refractivity contribution in [2.45, 2.75) is 25.9 Å². The number of hydrogen-bond acceptors (Lipinski definition) is 4. The van der Waals surface area contributed by atoms with E-state index in [1.165, 1.54) is 0 Å². The van der Waals surface area contributed by atoms with Gasteiger partial charge in [-0.2, -0.15) is 5.10 Å². The van der Waals surface area contributed by atoms with E-state index in [9.17, 15) is 9.59 Å². The van der Waals surface area contributed by atoms with Crippen LogP contribution in [0.2, 0.25) is 0 Å². The predicted octanol–water partition coefficient (Wildman–Crippen LogP) is 1.12. The molecule has 7 nitrogen and oxygen atoms in total. The zero-order valence-electron chi connectivity index (χ0n) is 12.8. The molecule has 1 aliphatic heterocycles. The Morgan fingerprint density at radius 2 is 2.04 bits per heavy atom. The molecule has 1 unspecified atom stereocenters. The first kappa shape index (κ1) is 15.2. The van der Waals surface area contributed by atoms with Crippen LogP contribution in [0.25, 0.3) is 5.69 Å². The van der Waals surface area contributed by atoms with Gasteiger partial charge < -0.3 is 4.74 Å². The van der Waals surface area contributed by atoms with Crippen LogP contribution in [0, 0.1) is 6.92 Å². The van der Waals surface area contributed by atoms with E-state index in [4.69, 9.17) is 4.74 Å². The Hall–Kier alpha value is -2.67. The summed E-state index contributed by atoms with van der Waals surface area (Å²) in [6.07, 6.45) is 4.74. The van der Waals surface area contributed by atoms with E-state index >= 15 is 0 Å². The van der Waals surface area contributed by atoms with Gasteiger partial charge >= 0.3 is 0 Å². The van der Waals surface area contributed by atoms with Crippen LogP contribution in [0.15, 0.2) is 36.7 Å². The monoisotopic (exact) mass is 314 g/mol. The minimum absolute atomic E-state index is 0.320. The molecule has 1 aromatic heterocycles. The van der Waals surface area contributed by atoms with E-state index in [2.05, 4.69) is 16.0 Å². The van der Waals surface area contributed by atoms with Crippen molar-refractivity contribution in [2.24, 2.45) is 0 Å². The third kappa shape index (κ3) is 3.57. The highest BCUT2D eigenvalue weighted by atomic mass is 16.5. The van der Waals surface area contributed by atoms with Gasteiger partial charge in [-0.25, -0.2) is 4.68 Å². The summed E-state index contributed by atoms with van der Waals surface area (Å²) in [5.74, 6) is -0.695. The molecule has 0 radical (unpaired) electrons. The zero-order chi connectivity index (χ0) is 16.2. The topological polar surface area (TPSA) is 85.3 Å². The number of nitrogens with zero attached hydrogens (tertiary/aromatic N) is 2. The zero-order valence-corrected chi connectivity index (χ0v) is 12.8. The summed E-state index contributed by atoms with van der Waals surface area (Å²) in [4.78, 5) is 23.8. The first-order chi connectivity index (χ1) is 11.1. The lowest BCUT2D eigenvalue weighted by molar-refractivity contribution is -0.130. The lowest BCUT2D eigenvalue weighted by Gasteiger charge is -2.11. The smallest absolute Gasteiger partial charge is 0.269 e. The standard InChI is InChI=1S/C16H18N4O3/c1-11-9-17-20(10-11)13-6-4-12(5-7-13)15(21)18-19-16(22)14-3-2-8-23-14/h4-7,9-10,14H,2-3,8H2,1H3,(H,18,21)(H,19,22). The van der Waals surface area contributed by atoms with Gasteiger partial charge in [-0.3, -0.25) is 20.4 Å². The normalized spacial score (nSPS) is 17.0. The number of aryl methyl sites for hydroxylation is 1. The molecule has 2 amide bonds. The van der Waals surface area contributed by atoms with Crippen molar-refractivity contribution in [3.63, 3.8) is 0 Å². The Bertz CT molecular complexity index is 702. The van der Waals surface area contributed by atoms with Crippen molar-refractivity contribution in [1.82, 2.24) is 20.6 Å². The van der Waals surface area contributed by atoms with Crippen LogP contribution in [0.5, 0.6) is 0 Å². The maximum atomic E-state index is 12.0. The van der Waals surface area contributed by atoms with Crippen LogP contribution >= 0.6 is 0 Å². The van der Waals surface area contributed by atoms with E-state index in [0.717, 1.165) is 17.7 Å². The molecular formula is C16H18N4O3. The molecule has 23 heavy (non-hydrogen) atoms. The third-order valence-electron chi connectivity index (χ3n) is 3.63. The minimum atomic E-state index is -0.472. The molecule has 0 aliphatic carbocycles. The van der Waals surface area contributed by atoms with E-state index in [1.807, 2.05) is 13.1 Å². The summed E-state index contributed by atoms with van der Waals surface area (Å²) in [7, 11) is 0. The van der Waals surface area contributed by atoms with Gasteiger partial charge in [0, 0.05) is 18.4 Å². The Kier molecular flexibility index (Phi) is 4.38. The van der Waals surface area contributed by atoms with E-state index < -0.39 is 6.10 Å². The second-order valence-corrected chi connectivity index (χ2v) is 5.45. The van der Waals surface area contributed by atoms with Gasteiger partial charge in [0.05, 0.1) is 11.9 Å². The average molecular weight is 314 g/mol. The molecular weight excluding hydrogens is 296 g/mol. The van der Waals surface area contributed by atoms with Crippen molar-refractivity contribution in [2.75, 3.05) is 6.61 Å². The number of ether oxygens (including phenoxy) is 1. The van der Waals surface area contributed by atoms with E-state index in [1.54, 1.807) is 35.1 Å². The predicted molar refractivity (Wildman–Crippen MR) is 82.9 cm³/mol. The molecule has 3 rings (SSSR count). The van der Waals surface area contributed by atoms with Gasteiger partial charge in [-0.1, -0.05) is 0 Å². The molecule has 1 saturated heterocycles. The van der Waals surface area contributed by atoms with Gasteiger partial charge in [0.1, 0.15) is 6.10 Å². The van der Waals surface area contributed by atoms with E-state index in [0.29, 0.717) is 18.6 Å². The molecule has 0 bridgehead atoms. The summed E-state index contributed by atoms with van der Waals surface area (Å²) >= 11 is 0. The van der Waals surface area contributed by atoms with Crippen LogP contribution in [-0.4, -0.2) is 34.3 Å². The number of benzene rings is 1. The first-order valence-corrected chi connectivity index (χ1v) is 7.47. The lowest BCUT2D eigenvalue weighted by atomic mass is 10.2. The largest absolute Gasteiger partial charge is 0.368 e.